The Morgan fingerprint density at radius 1 is 1.16 bits per heavy atom. The zero-order chi connectivity index (χ0) is 27.4. The number of amides is 2. The van der Waals surface area contributed by atoms with Crippen molar-refractivity contribution in [3.63, 3.8) is 0 Å². The average molecular weight is 539 g/mol. The molecular formula is C28H35ClN6O3. The van der Waals surface area contributed by atoms with E-state index in [-0.39, 0.29) is 17.6 Å². The van der Waals surface area contributed by atoms with E-state index in [1.807, 2.05) is 57.5 Å². The van der Waals surface area contributed by atoms with Crippen LogP contribution in [-0.2, 0) is 11.3 Å². The van der Waals surface area contributed by atoms with E-state index in [4.69, 9.17) is 16.3 Å². The molecule has 0 unspecified atom stereocenters. The van der Waals surface area contributed by atoms with E-state index in [2.05, 4.69) is 31.6 Å². The van der Waals surface area contributed by atoms with Crippen LogP contribution in [0.3, 0.4) is 0 Å². The van der Waals surface area contributed by atoms with E-state index in [1.54, 1.807) is 18.6 Å². The molecule has 1 atom stereocenters. The summed E-state index contributed by atoms with van der Waals surface area (Å²) in [6.45, 7) is 11.6. The number of nitrogens with one attached hydrogen (secondary N) is 2. The number of ether oxygens (including phenoxy) is 1. The molecular weight excluding hydrogens is 504 g/mol. The maximum Gasteiger partial charge on any atom is 0.407 e. The van der Waals surface area contributed by atoms with Crippen LogP contribution in [0.4, 0.5) is 10.5 Å². The number of hydrogen-bond acceptors (Lipinski definition) is 6. The Kier molecular flexibility index (Phi) is 8.38. The first-order chi connectivity index (χ1) is 17.9. The van der Waals surface area contributed by atoms with Crippen LogP contribution in [0.15, 0.2) is 43.0 Å². The number of benzene rings is 1. The molecule has 4 rings (SSSR count). The number of imidazole rings is 1. The van der Waals surface area contributed by atoms with Crippen LogP contribution >= 0.6 is 11.6 Å². The van der Waals surface area contributed by atoms with E-state index in [1.165, 1.54) is 0 Å². The topological polar surface area (TPSA) is 101 Å². The zero-order valence-corrected chi connectivity index (χ0v) is 23.3. The van der Waals surface area contributed by atoms with Gasteiger partial charge < -0.3 is 19.9 Å². The van der Waals surface area contributed by atoms with Crippen LogP contribution in [-0.4, -0.2) is 56.2 Å². The quantitative estimate of drug-likeness (QED) is 0.443. The highest BCUT2D eigenvalue weighted by molar-refractivity contribution is 6.31. The van der Waals surface area contributed by atoms with Gasteiger partial charge in [0.05, 0.1) is 12.0 Å². The molecule has 2 N–H and O–H groups in total. The number of halogens is 1. The van der Waals surface area contributed by atoms with Crippen molar-refractivity contribution >= 4 is 29.3 Å². The summed E-state index contributed by atoms with van der Waals surface area (Å²) in [6, 6.07) is 7.53. The first-order valence-corrected chi connectivity index (χ1v) is 13.1. The van der Waals surface area contributed by atoms with Crippen molar-refractivity contribution in [2.24, 2.45) is 0 Å². The molecule has 1 aliphatic heterocycles. The number of alkyl carbamates (subject to hydrolysis) is 1. The van der Waals surface area contributed by atoms with Gasteiger partial charge >= 0.3 is 6.09 Å². The minimum atomic E-state index is -0.537. The summed E-state index contributed by atoms with van der Waals surface area (Å²) >= 11 is 6.21. The fourth-order valence-corrected chi connectivity index (χ4v) is 4.57. The predicted molar refractivity (Wildman–Crippen MR) is 148 cm³/mol. The van der Waals surface area contributed by atoms with Crippen molar-refractivity contribution in [2.75, 3.05) is 18.4 Å². The second kappa shape index (κ2) is 11.5. The molecule has 0 bridgehead atoms. The number of rotatable bonds is 6. The SMILES string of the molecule is Cc1cn(-c2cc(CN3CCC[C@H](NC(=O)OC(C)(C)C)C3)cc(NC(=O)c3cc(Cl)c(C)cn3)c2)cn1. The number of likely N-dealkylation sites (tertiary alicyclic amines) is 1. The Hall–Kier alpha value is -3.43. The van der Waals surface area contributed by atoms with Crippen molar-refractivity contribution in [2.45, 2.75) is 65.6 Å². The highest BCUT2D eigenvalue weighted by Gasteiger charge is 2.24. The number of anilines is 1. The maximum absolute atomic E-state index is 13.0. The van der Waals surface area contributed by atoms with Crippen LogP contribution in [0, 0.1) is 13.8 Å². The van der Waals surface area contributed by atoms with Gasteiger partial charge in [0, 0.05) is 47.9 Å². The largest absolute Gasteiger partial charge is 0.444 e. The molecule has 2 aromatic heterocycles. The molecule has 0 saturated carbocycles. The van der Waals surface area contributed by atoms with Gasteiger partial charge in [-0.25, -0.2) is 9.78 Å². The van der Waals surface area contributed by atoms with Gasteiger partial charge in [-0.3, -0.25) is 14.7 Å². The molecule has 0 aliphatic carbocycles. The second-order valence-electron chi connectivity index (χ2n) is 10.8. The van der Waals surface area contributed by atoms with E-state index in [0.29, 0.717) is 23.8 Å². The number of carbonyl (C=O) groups is 2. The standard InChI is InChI=1S/C28H35ClN6O3/c1-18-13-30-25(12-24(18)29)26(36)32-22-9-20(10-23(11-22)35-14-19(2)31-17-35)15-34-8-6-7-21(16-34)33-27(37)38-28(3,4)5/h9-14,17,21H,6-8,15-16H2,1-5H3,(H,32,36)(H,33,37)/t21-/m0/s1. The summed E-state index contributed by atoms with van der Waals surface area (Å²) in [5.74, 6) is -0.337. The molecule has 9 nitrogen and oxygen atoms in total. The summed E-state index contributed by atoms with van der Waals surface area (Å²) in [5.41, 5.74) is 3.97. The normalized spacial score (nSPS) is 16.2. The van der Waals surface area contributed by atoms with Gasteiger partial charge in [-0.05, 0) is 89.4 Å². The molecule has 1 aromatic carbocycles. The third-order valence-electron chi connectivity index (χ3n) is 6.15. The van der Waals surface area contributed by atoms with Gasteiger partial charge in [0.2, 0.25) is 0 Å². The first-order valence-electron chi connectivity index (χ1n) is 12.8. The van der Waals surface area contributed by atoms with Crippen LogP contribution in [0.2, 0.25) is 5.02 Å². The lowest BCUT2D eigenvalue weighted by atomic mass is 10.0. The number of carbonyl (C=O) groups excluding carboxylic acids is 2. The molecule has 0 radical (unpaired) electrons. The van der Waals surface area contributed by atoms with Crippen LogP contribution in [0.1, 0.15) is 60.9 Å². The summed E-state index contributed by atoms with van der Waals surface area (Å²) in [5, 5.41) is 6.47. The third kappa shape index (κ3) is 7.55. The first kappa shape index (κ1) is 27.6. The smallest absolute Gasteiger partial charge is 0.407 e. The van der Waals surface area contributed by atoms with Crippen LogP contribution in [0.5, 0.6) is 0 Å². The molecule has 3 aromatic rings. The van der Waals surface area contributed by atoms with Gasteiger partial charge in [-0.15, -0.1) is 0 Å². The number of hydrogen-bond donors (Lipinski definition) is 2. The molecule has 2 amide bonds. The molecule has 1 saturated heterocycles. The minimum absolute atomic E-state index is 0.00890. The van der Waals surface area contributed by atoms with Crippen molar-refractivity contribution in [1.29, 1.82) is 0 Å². The summed E-state index contributed by atoms with van der Waals surface area (Å²) in [4.78, 5) is 36.1. The van der Waals surface area contributed by atoms with Crippen molar-refractivity contribution < 1.29 is 14.3 Å². The summed E-state index contributed by atoms with van der Waals surface area (Å²) in [7, 11) is 0. The monoisotopic (exact) mass is 538 g/mol. The number of piperidine rings is 1. The van der Waals surface area contributed by atoms with Crippen molar-refractivity contribution in [1.82, 2.24) is 24.8 Å². The number of aryl methyl sites for hydroxylation is 2. The Morgan fingerprint density at radius 2 is 1.95 bits per heavy atom. The van der Waals surface area contributed by atoms with Gasteiger partial charge in [0.25, 0.3) is 5.91 Å². The van der Waals surface area contributed by atoms with Crippen LogP contribution < -0.4 is 10.6 Å². The zero-order valence-electron chi connectivity index (χ0n) is 22.5. The molecule has 1 aliphatic rings. The van der Waals surface area contributed by atoms with Crippen molar-refractivity contribution in [3.8, 4) is 5.69 Å². The average Bonchev–Trinajstić information content (AvgIpc) is 3.26. The van der Waals surface area contributed by atoms with Crippen LogP contribution in [0.25, 0.3) is 5.69 Å². The Morgan fingerprint density at radius 3 is 2.63 bits per heavy atom. The highest BCUT2D eigenvalue weighted by atomic mass is 35.5. The lowest BCUT2D eigenvalue weighted by Gasteiger charge is -2.33. The van der Waals surface area contributed by atoms with E-state index >= 15 is 0 Å². The van der Waals surface area contributed by atoms with Gasteiger partial charge in [-0.2, -0.15) is 0 Å². The predicted octanol–water partition coefficient (Wildman–Crippen LogP) is 5.28. The maximum atomic E-state index is 13.0. The van der Waals surface area contributed by atoms with E-state index < -0.39 is 11.7 Å². The Bertz CT molecular complexity index is 1320. The molecule has 1 fully saturated rings. The number of nitrogens with zero attached hydrogens (tertiary/aromatic N) is 4. The summed E-state index contributed by atoms with van der Waals surface area (Å²) in [6.07, 6.45) is 6.75. The third-order valence-corrected chi connectivity index (χ3v) is 6.56. The van der Waals surface area contributed by atoms with Crippen molar-refractivity contribution in [3.05, 3.63) is 70.5 Å². The van der Waals surface area contributed by atoms with Gasteiger partial charge in [-0.1, -0.05) is 11.6 Å². The molecule has 38 heavy (non-hydrogen) atoms. The molecule has 10 heteroatoms. The fourth-order valence-electron chi connectivity index (χ4n) is 4.42. The van der Waals surface area contributed by atoms with Gasteiger partial charge in [0.15, 0.2) is 0 Å². The Balaban J connectivity index is 1.52. The lowest BCUT2D eigenvalue weighted by molar-refractivity contribution is 0.0470. The molecule has 202 valence electrons. The fraction of sp³-hybridized carbons (Fsp3) is 0.429. The van der Waals surface area contributed by atoms with Gasteiger partial charge in [0.1, 0.15) is 11.3 Å². The second-order valence-corrected chi connectivity index (χ2v) is 11.2. The molecule has 0 spiro atoms. The molecule has 3 heterocycles. The number of aromatic nitrogens is 3. The van der Waals surface area contributed by atoms with E-state index in [0.717, 1.165) is 41.9 Å². The lowest BCUT2D eigenvalue weighted by Crippen LogP contribution is -2.48. The minimum Gasteiger partial charge on any atom is -0.444 e. The summed E-state index contributed by atoms with van der Waals surface area (Å²) < 4.78 is 7.36. The number of pyridine rings is 1. The highest BCUT2D eigenvalue weighted by Crippen LogP contribution is 2.23. The Labute approximate surface area is 228 Å². The van der Waals surface area contributed by atoms with E-state index in [9.17, 15) is 9.59 Å².